The van der Waals surface area contributed by atoms with Gasteiger partial charge in [-0.1, -0.05) is 27.7 Å². The van der Waals surface area contributed by atoms with Crippen molar-refractivity contribution in [2.24, 2.45) is 11.8 Å². The second-order valence-corrected chi connectivity index (χ2v) is 6.76. The van der Waals surface area contributed by atoms with Crippen molar-refractivity contribution < 1.29 is 4.42 Å². The molecule has 0 radical (unpaired) electrons. The molecule has 0 unspecified atom stereocenters. The Balaban J connectivity index is 1.84. The molecular formula is C17H30N2O. The number of rotatable bonds is 6. The Bertz CT molecular complexity index is 389. The van der Waals surface area contributed by atoms with Crippen LogP contribution in [0.1, 0.15) is 51.9 Å². The fourth-order valence-electron chi connectivity index (χ4n) is 2.96. The van der Waals surface area contributed by atoms with Gasteiger partial charge in [0.05, 0.1) is 12.8 Å². The number of piperidine rings is 1. The third-order valence-electron chi connectivity index (χ3n) is 4.48. The topological polar surface area (TPSA) is 28.4 Å². The highest BCUT2D eigenvalue weighted by Crippen LogP contribution is 2.25. The molecule has 114 valence electrons. The van der Waals surface area contributed by atoms with Crippen molar-refractivity contribution in [2.45, 2.75) is 59.7 Å². The van der Waals surface area contributed by atoms with Gasteiger partial charge in [-0.05, 0) is 43.8 Å². The van der Waals surface area contributed by atoms with Crippen LogP contribution in [0.5, 0.6) is 0 Å². The highest BCUT2D eigenvalue weighted by molar-refractivity contribution is 5.17. The minimum Gasteiger partial charge on any atom is -0.468 e. The Kier molecular flexibility index (Phi) is 5.67. The molecule has 3 nitrogen and oxygen atoms in total. The molecule has 0 aliphatic carbocycles. The highest BCUT2D eigenvalue weighted by atomic mass is 16.3. The van der Waals surface area contributed by atoms with Gasteiger partial charge in [-0.25, -0.2) is 0 Å². The maximum atomic E-state index is 5.69. The lowest BCUT2D eigenvalue weighted by molar-refractivity contribution is 0.143. The average Bonchev–Trinajstić information content (AvgIpc) is 2.84. The summed E-state index contributed by atoms with van der Waals surface area (Å²) in [5, 5.41) is 3.47. The normalized spacial score (nSPS) is 18.3. The van der Waals surface area contributed by atoms with Crippen molar-refractivity contribution in [1.29, 1.82) is 0 Å². The van der Waals surface area contributed by atoms with Crippen LogP contribution in [0.15, 0.2) is 16.7 Å². The number of hydrogen-bond acceptors (Lipinski definition) is 3. The van der Waals surface area contributed by atoms with E-state index in [1.165, 1.54) is 31.5 Å². The Labute approximate surface area is 123 Å². The van der Waals surface area contributed by atoms with Gasteiger partial charge in [0.15, 0.2) is 0 Å². The van der Waals surface area contributed by atoms with Crippen molar-refractivity contribution in [1.82, 2.24) is 10.2 Å². The molecule has 0 atom stereocenters. The lowest BCUT2D eigenvalue weighted by Gasteiger charge is -2.33. The quantitative estimate of drug-likeness (QED) is 0.861. The van der Waals surface area contributed by atoms with E-state index in [-0.39, 0.29) is 0 Å². The fraction of sp³-hybridized carbons (Fsp3) is 0.765. The second-order valence-electron chi connectivity index (χ2n) is 6.76. The zero-order valence-electron chi connectivity index (χ0n) is 13.5. The zero-order chi connectivity index (χ0) is 14.5. The van der Waals surface area contributed by atoms with Crippen LogP contribution >= 0.6 is 0 Å². The third-order valence-corrected chi connectivity index (χ3v) is 4.48. The van der Waals surface area contributed by atoms with E-state index in [2.05, 4.69) is 44.0 Å². The molecule has 1 fully saturated rings. The number of likely N-dealkylation sites (tertiary alicyclic amines) is 1. The summed E-state index contributed by atoms with van der Waals surface area (Å²) >= 11 is 0. The van der Waals surface area contributed by atoms with Gasteiger partial charge in [0, 0.05) is 18.2 Å². The molecular weight excluding hydrogens is 248 g/mol. The summed E-state index contributed by atoms with van der Waals surface area (Å²) in [7, 11) is 0. The van der Waals surface area contributed by atoms with Crippen LogP contribution in [0.2, 0.25) is 0 Å². The SMILES string of the molecule is CC(C)NCc1ccoc1CN1CCC(C(C)C)CC1. The number of nitrogens with one attached hydrogen (secondary N) is 1. The lowest BCUT2D eigenvalue weighted by atomic mass is 9.87. The minimum atomic E-state index is 0.513. The fourth-order valence-corrected chi connectivity index (χ4v) is 2.96. The molecule has 0 bridgehead atoms. The molecule has 1 aromatic rings. The van der Waals surface area contributed by atoms with Crippen molar-refractivity contribution in [3.8, 4) is 0 Å². The molecule has 1 aliphatic heterocycles. The predicted molar refractivity (Wildman–Crippen MR) is 83.5 cm³/mol. The predicted octanol–water partition coefficient (Wildman–Crippen LogP) is 3.65. The van der Waals surface area contributed by atoms with Crippen LogP contribution in [-0.2, 0) is 13.1 Å². The van der Waals surface area contributed by atoms with Crippen LogP contribution in [-0.4, -0.2) is 24.0 Å². The van der Waals surface area contributed by atoms with Gasteiger partial charge in [0.2, 0.25) is 0 Å². The van der Waals surface area contributed by atoms with E-state index >= 15 is 0 Å². The van der Waals surface area contributed by atoms with Gasteiger partial charge in [0.25, 0.3) is 0 Å². The number of furan rings is 1. The van der Waals surface area contributed by atoms with E-state index in [4.69, 9.17) is 4.42 Å². The second kappa shape index (κ2) is 7.28. The molecule has 2 heterocycles. The molecule has 1 N–H and O–H groups in total. The molecule has 0 aromatic carbocycles. The monoisotopic (exact) mass is 278 g/mol. The first-order chi connectivity index (χ1) is 9.56. The summed E-state index contributed by atoms with van der Waals surface area (Å²) in [5.41, 5.74) is 1.31. The van der Waals surface area contributed by atoms with Gasteiger partial charge in [-0.3, -0.25) is 4.90 Å². The van der Waals surface area contributed by atoms with E-state index < -0.39 is 0 Å². The minimum absolute atomic E-state index is 0.513. The summed E-state index contributed by atoms with van der Waals surface area (Å²) in [6.07, 6.45) is 4.49. The summed E-state index contributed by atoms with van der Waals surface area (Å²) in [6, 6.07) is 2.62. The summed E-state index contributed by atoms with van der Waals surface area (Å²) in [6.45, 7) is 13.3. The van der Waals surface area contributed by atoms with Gasteiger partial charge < -0.3 is 9.73 Å². The van der Waals surface area contributed by atoms with E-state index in [0.29, 0.717) is 6.04 Å². The van der Waals surface area contributed by atoms with Gasteiger partial charge in [0.1, 0.15) is 5.76 Å². The Morgan fingerprint density at radius 1 is 1.25 bits per heavy atom. The number of nitrogens with zero attached hydrogens (tertiary/aromatic N) is 1. The Morgan fingerprint density at radius 3 is 2.55 bits per heavy atom. The van der Waals surface area contributed by atoms with Crippen LogP contribution in [0.3, 0.4) is 0 Å². The average molecular weight is 278 g/mol. The third kappa shape index (κ3) is 4.35. The summed E-state index contributed by atoms with van der Waals surface area (Å²) < 4.78 is 5.69. The van der Waals surface area contributed by atoms with E-state index in [1.807, 2.05) is 6.26 Å². The van der Waals surface area contributed by atoms with Crippen LogP contribution < -0.4 is 5.32 Å². The molecule has 2 rings (SSSR count). The number of hydrogen-bond donors (Lipinski definition) is 1. The first-order valence-corrected chi connectivity index (χ1v) is 8.07. The van der Waals surface area contributed by atoms with Crippen LogP contribution in [0, 0.1) is 11.8 Å². The molecule has 1 aliphatic rings. The van der Waals surface area contributed by atoms with E-state index in [1.54, 1.807) is 0 Å². The van der Waals surface area contributed by atoms with Crippen molar-refractivity contribution in [3.05, 3.63) is 23.7 Å². The van der Waals surface area contributed by atoms with Crippen molar-refractivity contribution in [3.63, 3.8) is 0 Å². The first-order valence-electron chi connectivity index (χ1n) is 8.07. The molecule has 0 saturated carbocycles. The maximum Gasteiger partial charge on any atom is 0.122 e. The molecule has 1 saturated heterocycles. The van der Waals surface area contributed by atoms with Gasteiger partial charge in [-0.15, -0.1) is 0 Å². The van der Waals surface area contributed by atoms with Crippen LogP contribution in [0.25, 0.3) is 0 Å². The molecule has 1 aromatic heterocycles. The highest BCUT2D eigenvalue weighted by Gasteiger charge is 2.22. The lowest BCUT2D eigenvalue weighted by Crippen LogP contribution is -2.35. The standard InChI is InChI=1S/C17H30N2O/c1-13(2)15-5-8-19(9-6-15)12-17-16(7-10-20-17)11-18-14(3)4/h7,10,13-15,18H,5-6,8-9,11-12H2,1-4H3. The van der Waals surface area contributed by atoms with Gasteiger partial charge >= 0.3 is 0 Å². The molecule has 3 heteroatoms. The molecule has 20 heavy (non-hydrogen) atoms. The zero-order valence-corrected chi connectivity index (χ0v) is 13.5. The van der Waals surface area contributed by atoms with Crippen molar-refractivity contribution >= 4 is 0 Å². The summed E-state index contributed by atoms with van der Waals surface area (Å²) in [4.78, 5) is 2.54. The smallest absolute Gasteiger partial charge is 0.122 e. The molecule has 0 amide bonds. The Hall–Kier alpha value is -0.800. The van der Waals surface area contributed by atoms with Crippen molar-refractivity contribution in [2.75, 3.05) is 13.1 Å². The summed E-state index contributed by atoms with van der Waals surface area (Å²) in [5.74, 6) is 2.87. The molecule has 0 spiro atoms. The first kappa shape index (κ1) is 15.6. The van der Waals surface area contributed by atoms with E-state index in [9.17, 15) is 0 Å². The Morgan fingerprint density at radius 2 is 1.95 bits per heavy atom. The maximum absolute atomic E-state index is 5.69. The van der Waals surface area contributed by atoms with Crippen LogP contribution in [0.4, 0.5) is 0 Å². The van der Waals surface area contributed by atoms with E-state index in [0.717, 1.165) is 30.7 Å². The largest absolute Gasteiger partial charge is 0.468 e. The van der Waals surface area contributed by atoms with Gasteiger partial charge in [-0.2, -0.15) is 0 Å².